The summed E-state index contributed by atoms with van der Waals surface area (Å²) in [5.41, 5.74) is 0.295. The van der Waals surface area contributed by atoms with Crippen molar-refractivity contribution in [1.29, 1.82) is 0 Å². The summed E-state index contributed by atoms with van der Waals surface area (Å²) in [5, 5.41) is 1.96. The van der Waals surface area contributed by atoms with Crippen molar-refractivity contribution >= 4 is 32.5 Å². The summed E-state index contributed by atoms with van der Waals surface area (Å²) in [6.45, 7) is 0.908. The van der Waals surface area contributed by atoms with Gasteiger partial charge in [0.25, 0.3) is 10.0 Å². The maximum Gasteiger partial charge on any atom is 0.338 e. The summed E-state index contributed by atoms with van der Waals surface area (Å²) in [6.07, 6.45) is 4.45. The van der Waals surface area contributed by atoms with E-state index in [0.717, 1.165) is 19.3 Å². The predicted molar refractivity (Wildman–Crippen MR) is 93.2 cm³/mol. The Bertz CT molecular complexity index is 798. The summed E-state index contributed by atoms with van der Waals surface area (Å²) < 4.78 is 37.6. The fourth-order valence-electron chi connectivity index (χ4n) is 2.41. The van der Waals surface area contributed by atoms with Gasteiger partial charge in [-0.3, -0.25) is 4.72 Å². The molecule has 25 heavy (non-hydrogen) atoms. The van der Waals surface area contributed by atoms with Gasteiger partial charge in [0.1, 0.15) is 6.61 Å². The summed E-state index contributed by atoms with van der Waals surface area (Å²) in [6, 6.07) is 5.59. The molecule has 0 radical (unpaired) electrons. The highest BCUT2D eigenvalue weighted by Gasteiger charge is 2.19. The molecule has 1 aliphatic heterocycles. The minimum absolute atomic E-state index is 0.0508. The maximum atomic E-state index is 12.2. The van der Waals surface area contributed by atoms with Crippen molar-refractivity contribution in [1.82, 2.24) is 4.98 Å². The van der Waals surface area contributed by atoms with Crippen LogP contribution in [0.5, 0.6) is 0 Å². The lowest BCUT2D eigenvalue weighted by Crippen LogP contribution is -2.26. The summed E-state index contributed by atoms with van der Waals surface area (Å²) in [7, 11) is -3.73. The normalized spacial score (nSPS) is 17.8. The Balaban J connectivity index is 1.60. The number of nitrogens with zero attached hydrogens (tertiary/aromatic N) is 1. The van der Waals surface area contributed by atoms with Crippen LogP contribution in [0.15, 0.2) is 40.7 Å². The first-order valence-corrected chi connectivity index (χ1v) is 10.2. The Hall–Kier alpha value is -1.97. The Kier molecular flexibility index (Phi) is 5.67. The zero-order chi connectivity index (χ0) is 17.7. The fraction of sp³-hybridized carbons (Fsp3) is 0.375. The van der Waals surface area contributed by atoms with Gasteiger partial charge in [0, 0.05) is 18.2 Å². The minimum Gasteiger partial charge on any atom is -0.459 e. The van der Waals surface area contributed by atoms with Gasteiger partial charge in [0.05, 0.1) is 16.6 Å². The van der Waals surface area contributed by atoms with E-state index in [9.17, 15) is 13.2 Å². The van der Waals surface area contributed by atoms with E-state index in [2.05, 4.69) is 9.71 Å². The van der Waals surface area contributed by atoms with Gasteiger partial charge in [-0.1, -0.05) is 0 Å². The number of nitrogens with one attached hydrogen (secondary N) is 1. The van der Waals surface area contributed by atoms with Crippen LogP contribution in [0.1, 0.15) is 29.6 Å². The Morgan fingerprint density at radius 3 is 2.76 bits per heavy atom. The molecule has 0 amide bonds. The maximum absolute atomic E-state index is 12.2. The molecular weight excluding hydrogens is 364 g/mol. The molecule has 0 unspecified atom stereocenters. The first-order chi connectivity index (χ1) is 12.0. The zero-order valence-electron chi connectivity index (χ0n) is 13.4. The van der Waals surface area contributed by atoms with Crippen molar-refractivity contribution in [3.05, 3.63) is 41.4 Å². The Morgan fingerprint density at radius 2 is 2.12 bits per heavy atom. The van der Waals surface area contributed by atoms with E-state index in [1.807, 2.05) is 0 Å². The zero-order valence-corrected chi connectivity index (χ0v) is 15.0. The molecule has 134 valence electrons. The number of carbonyl (C=O) groups is 1. The van der Waals surface area contributed by atoms with Gasteiger partial charge >= 0.3 is 5.97 Å². The number of esters is 1. The van der Waals surface area contributed by atoms with Crippen LogP contribution in [0.25, 0.3) is 0 Å². The van der Waals surface area contributed by atoms with Crippen LogP contribution in [-0.4, -0.2) is 38.7 Å². The number of thiazole rings is 1. The van der Waals surface area contributed by atoms with E-state index >= 15 is 0 Å². The topological polar surface area (TPSA) is 94.6 Å². The average molecular weight is 382 g/mol. The quantitative estimate of drug-likeness (QED) is 0.772. The van der Waals surface area contributed by atoms with Gasteiger partial charge in [-0.25, -0.2) is 18.2 Å². The molecule has 0 spiro atoms. The average Bonchev–Trinajstić information content (AvgIpc) is 3.13. The molecule has 1 saturated heterocycles. The highest BCUT2D eigenvalue weighted by Crippen LogP contribution is 2.19. The number of ether oxygens (including phenoxy) is 2. The van der Waals surface area contributed by atoms with Crippen LogP contribution >= 0.6 is 11.3 Å². The predicted octanol–water partition coefficient (Wildman–Crippen LogP) is 2.67. The molecule has 0 saturated carbocycles. The molecule has 2 aromatic rings. The molecule has 1 fully saturated rings. The number of hydrogen-bond donors (Lipinski definition) is 1. The third-order valence-electron chi connectivity index (χ3n) is 3.73. The molecular formula is C16H18N2O5S2. The lowest BCUT2D eigenvalue weighted by Gasteiger charge is -2.22. The third-order valence-corrected chi connectivity index (χ3v) is 5.90. The number of rotatable bonds is 6. The van der Waals surface area contributed by atoms with Gasteiger partial charge in [0.2, 0.25) is 0 Å². The lowest BCUT2D eigenvalue weighted by atomic mass is 10.1. The van der Waals surface area contributed by atoms with Crippen molar-refractivity contribution < 1.29 is 22.7 Å². The van der Waals surface area contributed by atoms with E-state index in [0.29, 0.717) is 12.2 Å². The van der Waals surface area contributed by atoms with E-state index in [-0.39, 0.29) is 22.7 Å². The van der Waals surface area contributed by atoms with E-state index in [1.165, 1.54) is 41.8 Å². The SMILES string of the molecule is O=C(OC[C@@H]1CCCCO1)c1ccc(S(=O)(=O)Nc2nccs2)cc1. The van der Waals surface area contributed by atoms with Crippen molar-refractivity contribution in [2.45, 2.75) is 30.3 Å². The molecule has 0 aliphatic carbocycles. The molecule has 2 heterocycles. The first-order valence-electron chi connectivity index (χ1n) is 7.86. The van der Waals surface area contributed by atoms with Crippen LogP contribution in [0, 0.1) is 0 Å². The number of anilines is 1. The van der Waals surface area contributed by atoms with E-state index in [1.54, 1.807) is 5.38 Å². The third kappa shape index (κ3) is 4.77. The number of hydrogen-bond acceptors (Lipinski definition) is 7. The monoisotopic (exact) mass is 382 g/mol. The highest BCUT2D eigenvalue weighted by atomic mass is 32.2. The standard InChI is InChI=1S/C16H18N2O5S2/c19-15(23-11-13-3-1-2-9-22-13)12-4-6-14(7-5-12)25(20,21)18-16-17-8-10-24-16/h4-8,10,13H,1-3,9,11H2,(H,17,18)/t13-/m0/s1. The van der Waals surface area contributed by atoms with Crippen LogP contribution in [0.4, 0.5) is 5.13 Å². The van der Waals surface area contributed by atoms with Gasteiger partial charge in [-0.05, 0) is 43.5 Å². The molecule has 1 aromatic heterocycles. The molecule has 0 bridgehead atoms. The summed E-state index contributed by atoms with van der Waals surface area (Å²) in [4.78, 5) is 16.0. The van der Waals surface area contributed by atoms with Crippen molar-refractivity contribution in [2.24, 2.45) is 0 Å². The molecule has 1 aromatic carbocycles. The molecule has 1 aliphatic rings. The second-order valence-corrected chi connectivity index (χ2v) is 8.13. The Morgan fingerprint density at radius 1 is 1.32 bits per heavy atom. The number of carbonyl (C=O) groups excluding carboxylic acids is 1. The Labute approximate surface area is 150 Å². The first kappa shape index (κ1) is 17.8. The van der Waals surface area contributed by atoms with Gasteiger partial charge < -0.3 is 9.47 Å². The van der Waals surface area contributed by atoms with Gasteiger partial charge in [0.15, 0.2) is 5.13 Å². The van der Waals surface area contributed by atoms with E-state index < -0.39 is 16.0 Å². The highest BCUT2D eigenvalue weighted by molar-refractivity contribution is 7.93. The number of aromatic nitrogens is 1. The molecule has 1 atom stereocenters. The summed E-state index contributed by atoms with van der Waals surface area (Å²) in [5.74, 6) is -0.494. The van der Waals surface area contributed by atoms with Crippen LogP contribution in [-0.2, 0) is 19.5 Å². The minimum atomic E-state index is -3.73. The van der Waals surface area contributed by atoms with Gasteiger partial charge in [-0.15, -0.1) is 11.3 Å². The van der Waals surface area contributed by atoms with Crippen LogP contribution < -0.4 is 4.72 Å². The smallest absolute Gasteiger partial charge is 0.338 e. The fourth-order valence-corrected chi connectivity index (χ4v) is 4.20. The molecule has 3 rings (SSSR count). The van der Waals surface area contributed by atoms with Gasteiger partial charge in [-0.2, -0.15) is 0 Å². The van der Waals surface area contributed by atoms with Crippen LogP contribution in [0.3, 0.4) is 0 Å². The van der Waals surface area contributed by atoms with E-state index in [4.69, 9.17) is 9.47 Å². The summed E-state index contributed by atoms with van der Waals surface area (Å²) >= 11 is 1.19. The number of benzene rings is 1. The molecule has 1 N–H and O–H groups in total. The number of sulfonamides is 1. The molecule has 7 nitrogen and oxygen atoms in total. The molecule has 9 heteroatoms. The largest absolute Gasteiger partial charge is 0.459 e. The van der Waals surface area contributed by atoms with Crippen LogP contribution in [0.2, 0.25) is 0 Å². The lowest BCUT2D eigenvalue weighted by molar-refractivity contribution is -0.0300. The second kappa shape index (κ2) is 7.94. The van der Waals surface area contributed by atoms with Crippen molar-refractivity contribution in [3.8, 4) is 0 Å². The van der Waals surface area contributed by atoms with Crippen molar-refractivity contribution in [2.75, 3.05) is 17.9 Å². The van der Waals surface area contributed by atoms with Crippen molar-refractivity contribution in [3.63, 3.8) is 0 Å². The second-order valence-electron chi connectivity index (χ2n) is 5.55.